The van der Waals surface area contributed by atoms with Gasteiger partial charge in [-0.2, -0.15) is 9.97 Å². The molecule has 3 aromatic heterocycles. The maximum absolute atomic E-state index is 10.4. The molecule has 4 rings (SSSR count). The lowest BCUT2D eigenvalue weighted by Crippen LogP contribution is -2.33. The van der Waals surface area contributed by atoms with Crippen LogP contribution in [0.2, 0.25) is 5.28 Å². The lowest BCUT2D eigenvalue weighted by atomic mass is 10.1. The molecule has 0 spiro atoms. The van der Waals surface area contributed by atoms with Crippen molar-refractivity contribution in [1.82, 2.24) is 34.3 Å². The fraction of sp³-hybridized carbons (Fsp3) is 0.417. The summed E-state index contributed by atoms with van der Waals surface area (Å²) < 4.78 is 8.65. The molecule has 0 aromatic carbocycles. The van der Waals surface area contributed by atoms with Crippen LogP contribution in [0.25, 0.3) is 11.2 Å². The first-order chi connectivity index (χ1) is 11.9. The van der Waals surface area contributed by atoms with Gasteiger partial charge >= 0.3 is 0 Å². The number of hydrogen-bond acceptors (Lipinski definition) is 10. The van der Waals surface area contributed by atoms with E-state index < -0.39 is 24.5 Å². The van der Waals surface area contributed by atoms with Crippen LogP contribution in [0.15, 0.2) is 12.7 Å². The molecule has 4 atom stereocenters. The van der Waals surface area contributed by atoms with Crippen molar-refractivity contribution in [1.29, 1.82) is 0 Å². The number of rotatable bonds is 3. The molecule has 0 radical (unpaired) electrons. The average molecular weight is 368 g/mol. The zero-order chi connectivity index (χ0) is 17.7. The van der Waals surface area contributed by atoms with Crippen LogP contribution in [0.5, 0.6) is 0 Å². The maximum atomic E-state index is 10.4. The van der Waals surface area contributed by atoms with Crippen LogP contribution >= 0.6 is 11.6 Å². The number of imidazole rings is 1. The predicted molar refractivity (Wildman–Crippen MR) is 85.1 cm³/mol. The summed E-state index contributed by atoms with van der Waals surface area (Å²) in [5.74, 6) is 0.212. The van der Waals surface area contributed by atoms with Crippen LogP contribution in [0, 0.1) is 0 Å². The molecule has 0 bridgehead atoms. The van der Waals surface area contributed by atoms with E-state index in [4.69, 9.17) is 27.8 Å². The van der Waals surface area contributed by atoms with E-state index >= 15 is 0 Å². The number of halogens is 1. The minimum absolute atomic E-state index is 0.0607. The summed E-state index contributed by atoms with van der Waals surface area (Å²) >= 11 is 5.84. The van der Waals surface area contributed by atoms with E-state index in [1.165, 1.54) is 21.9 Å². The lowest BCUT2D eigenvalue weighted by molar-refractivity contribution is -0.0402. The van der Waals surface area contributed by atoms with Crippen LogP contribution in [0.4, 0.5) is 11.8 Å². The van der Waals surface area contributed by atoms with Crippen molar-refractivity contribution in [2.24, 2.45) is 0 Å². The van der Waals surface area contributed by atoms with Crippen molar-refractivity contribution < 1.29 is 14.9 Å². The lowest BCUT2D eigenvalue weighted by Gasteiger charge is -2.16. The van der Waals surface area contributed by atoms with Crippen molar-refractivity contribution >= 4 is 34.5 Å². The molecule has 132 valence electrons. The molecule has 6 N–H and O–H groups in total. The minimum Gasteiger partial charge on any atom is -0.387 e. The van der Waals surface area contributed by atoms with Gasteiger partial charge in [0, 0.05) is 0 Å². The number of nitrogens with zero attached hydrogens (tertiary/aromatic N) is 7. The van der Waals surface area contributed by atoms with Crippen molar-refractivity contribution in [3.8, 4) is 0 Å². The molecule has 1 fully saturated rings. The Balaban J connectivity index is 1.65. The molecule has 0 unspecified atom stereocenters. The smallest absolute Gasteiger partial charge is 0.239 e. The molecule has 12 nitrogen and oxygen atoms in total. The molecule has 4 heterocycles. The zero-order valence-electron chi connectivity index (χ0n) is 12.6. The van der Waals surface area contributed by atoms with Crippen LogP contribution in [-0.2, 0) is 11.3 Å². The van der Waals surface area contributed by atoms with E-state index in [-0.39, 0.29) is 23.6 Å². The van der Waals surface area contributed by atoms with E-state index in [0.717, 1.165) is 0 Å². The van der Waals surface area contributed by atoms with Gasteiger partial charge < -0.3 is 26.4 Å². The number of ether oxygens (including phenoxy) is 1. The minimum atomic E-state index is -1.22. The largest absolute Gasteiger partial charge is 0.387 e. The van der Waals surface area contributed by atoms with E-state index in [2.05, 4.69) is 25.0 Å². The number of hydrogen-bond donors (Lipinski definition) is 4. The first-order valence-electron chi connectivity index (χ1n) is 7.26. The summed E-state index contributed by atoms with van der Waals surface area (Å²) in [5.41, 5.74) is 11.8. The molecule has 3 aromatic rings. The number of anilines is 2. The first kappa shape index (κ1) is 16.0. The second kappa shape index (κ2) is 5.77. The summed E-state index contributed by atoms with van der Waals surface area (Å²) in [5, 5.41) is 24.5. The molecule has 0 saturated carbocycles. The summed E-state index contributed by atoms with van der Waals surface area (Å²) in [7, 11) is 0. The summed E-state index contributed by atoms with van der Waals surface area (Å²) in [6, 6.07) is 0. The van der Waals surface area contributed by atoms with Crippen molar-refractivity contribution in [2.75, 3.05) is 11.5 Å². The Morgan fingerprint density at radius 2 is 1.96 bits per heavy atom. The number of aliphatic hydroxyl groups is 2. The molecule has 13 heteroatoms. The van der Waals surface area contributed by atoms with Crippen LogP contribution in [0.3, 0.4) is 0 Å². The van der Waals surface area contributed by atoms with Crippen molar-refractivity contribution in [2.45, 2.75) is 31.1 Å². The number of aliphatic hydroxyl groups excluding tert-OH is 2. The topological polar surface area (TPSA) is 176 Å². The Labute approximate surface area is 145 Å². The summed E-state index contributed by atoms with van der Waals surface area (Å²) in [6.45, 7) is 0.156. The number of nitrogens with two attached hydrogens (primary N) is 2. The van der Waals surface area contributed by atoms with Gasteiger partial charge in [0.1, 0.15) is 30.2 Å². The van der Waals surface area contributed by atoms with E-state index in [1.54, 1.807) is 0 Å². The van der Waals surface area contributed by atoms with Gasteiger partial charge in [-0.25, -0.2) is 14.6 Å². The number of nitrogen functional groups attached to an aromatic ring is 2. The predicted octanol–water partition coefficient (Wildman–Crippen LogP) is -1.45. The van der Waals surface area contributed by atoms with E-state index in [9.17, 15) is 10.2 Å². The Hall–Kier alpha value is -2.54. The van der Waals surface area contributed by atoms with E-state index in [0.29, 0.717) is 11.2 Å². The van der Waals surface area contributed by atoms with Gasteiger partial charge in [-0.05, 0) is 11.6 Å². The van der Waals surface area contributed by atoms with Gasteiger partial charge in [0.2, 0.25) is 11.2 Å². The Morgan fingerprint density at radius 1 is 1.16 bits per heavy atom. The van der Waals surface area contributed by atoms with Crippen LogP contribution in [-0.4, -0.2) is 62.8 Å². The Morgan fingerprint density at radius 3 is 2.68 bits per heavy atom. The highest BCUT2D eigenvalue weighted by atomic mass is 35.5. The van der Waals surface area contributed by atoms with Crippen LogP contribution in [0.1, 0.15) is 6.23 Å². The highest BCUT2D eigenvalue weighted by Crippen LogP contribution is 2.33. The monoisotopic (exact) mass is 367 g/mol. The van der Waals surface area contributed by atoms with Gasteiger partial charge in [0.05, 0.1) is 12.9 Å². The normalized spacial score (nSPS) is 26.5. The third kappa shape index (κ3) is 2.64. The molecular formula is C12H14ClN9O3. The number of aromatic nitrogens is 7. The third-order valence-corrected chi connectivity index (χ3v) is 4.12. The van der Waals surface area contributed by atoms with Gasteiger partial charge in [-0.3, -0.25) is 4.57 Å². The van der Waals surface area contributed by atoms with Crippen molar-refractivity contribution in [3.05, 3.63) is 17.9 Å². The molecule has 1 aliphatic rings. The Bertz CT molecular complexity index is 928. The summed E-state index contributed by atoms with van der Waals surface area (Å²) in [4.78, 5) is 15.8. The zero-order valence-corrected chi connectivity index (χ0v) is 13.4. The average Bonchev–Trinajstić information content (AvgIpc) is 3.22. The quantitative estimate of drug-likeness (QED) is 0.400. The molecular weight excluding hydrogens is 354 g/mol. The fourth-order valence-corrected chi connectivity index (χ4v) is 2.96. The van der Waals surface area contributed by atoms with Gasteiger partial charge in [0.25, 0.3) is 0 Å². The molecule has 0 amide bonds. The van der Waals surface area contributed by atoms with E-state index in [1.807, 2.05) is 0 Å². The summed E-state index contributed by atoms with van der Waals surface area (Å²) in [6.07, 6.45) is -1.27. The molecule has 1 aliphatic heterocycles. The maximum Gasteiger partial charge on any atom is 0.239 e. The first-order valence-corrected chi connectivity index (χ1v) is 7.64. The number of fused-ring (bicyclic) bond motifs is 1. The standard InChI is InChI=1S/C12H14ClN9O3/c13-11-18-8(14)5-9(19-11)22(3-16-5)10-7(24)6(23)4(25-10)1-21-2-17-12(15)20-21/h2-4,6-7,10,23-24H,1H2,(H2,15,20)(H2,14,18,19)/t4-,6-,7-,10-/m1/s1. The SMILES string of the molecule is Nc1ncn(C[C@H]2O[C@@H](n3cnc4c(N)nc(Cl)nc43)[C@H](O)[C@@H]2O)n1. The molecule has 25 heavy (non-hydrogen) atoms. The highest BCUT2D eigenvalue weighted by Gasteiger charge is 2.44. The Kier molecular flexibility index (Phi) is 3.68. The highest BCUT2D eigenvalue weighted by molar-refractivity contribution is 6.28. The second-order valence-electron chi connectivity index (χ2n) is 5.57. The third-order valence-electron chi connectivity index (χ3n) is 3.95. The van der Waals surface area contributed by atoms with Gasteiger partial charge in [0.15, 0.2) is 17.7 Å². The second-order valence-corrected chi connectivity index (χ2v) is 5.91. The van der Waals surface area contributed by atoms with Crippen molar-refractivity contribution in [3.63, 3.8) is 0 Å². The molecule has 1 saturated heterocycles. The van der Waals surface area contributed by atoms with Gasteiger partial charge in [-0.1, -0.05) is 0 Å². The fourth-order valence-electron chi connectivity index (χ4n) is 2.79. The van der Waals surface area contributed by atoms with Crippen LogP contribution < -0.4 is 11.5 Å². The van der Waals surface area contributed by atoms with Gasteiger partial charge in [-0.15, -0.1) is 5.10 Å². The molecule has 0 aliphatic carbocycles.